The van der Waals surface area contributed by atoms with E-state index in [1.807, 2.05) is 47.4 Å². The van der Waals surface area contributed by atoms with Crippen LogP contribution in [0, 0.1) is 0 Å². The van der Waals surface area contributed by atoms with Crippen molar-refractivity contribution >= 4 is 17.5 Å². The first-order valence-electron chi connectivity index (χ1n) is 7.70. The van der Waals surface area contributed by atoms with E-state index < -0.39 is 0 Å². The summed E-state index contributed by atoms with van der Waals surface area (Å²) in [6.45, 7) is 3.63. The first-order valence-corrected chi connectivity index (χ1v) is 8.07. The predicted molar refractivity (Wildman–Crippen MR) is 91.0 cm³/mol. The lowest BCUT2D eigenvalue weighted by Gasteiger charge is -2.27. The maximum absolute atomic E-state index is 12.5. The molecule has 0 aromatic heterocycles. The van der Waals surface area contributed by atoms with E-state index in [0.717, 1.165) is 31.7 Å². The van der Waals surface area contributed by atoms with Crippen molar-refractivity contribution in [3.05, 3.63) is 64.7 Å². The van der Waals surface area contributed by atoms with Crippen molar-refractivity contribution in [2.75, 3.05) is 26.2 Å². The van der Waals surface area contributed by atoms with Gasteiger partial charge in [0.25, 0.3) is 5.91 Å². The first-order chi connectivity index (χ1) is 11.2. The van der Waals surface area contributed by atoms with Crippen molar-refractivity contribution in [1.82, 2.24) is 10.2 Å². The summed E-state index contributed by atoms with van der Waals surface area (Å²) in [4.78, 5) is 14.4. The molecule has 120 valence electrons. The van der Waals surface area contributed by atoms with E-state index in [0.29, 0.717) is 22.9 Å². The van der Waals surface area contributed by atoms with Gasteiger partial charge in [-0.05, 0) is 35.9 Å². The highest BCUT2D eigenvalue weighted by Gasteiger charge is 2.18. The molecule has 1 heterocycles. The molecule has 2 aromatic rings. The maximum atomic E-state index is 12.5. The molecular formula is C18H19ClN2O2. The highest BCUT2D eigenvalue weighted by molar-refractivity contribution is 6.30. The van der Waals surface area contributed by atoms with E-state index in [1.165, 1.54) is 0 Å². The third kappa shape index (κ3) is 4.24. The summed E-state index contributed by atoms with van der Waals surface area (Å²) in [7, 11) is 0. The largest absolute Gasteiger partial charge is 0.489 e. The number of halogens is 1. The van der Waals surface area contributed by atoms with Crippen LogP contribution >= 0.6 is 11.6 Å². The van der Waals surface area contributed by atoms with Crippen LogP contribution in [0.25, 0.3) is 0 Å². The number of piperazine rings is 1. The summed E-state index contributed by atoms with van der Waals surface area (Å²) < 4.78 is 5.78. The highest BCUT2D eigenvalue weighted by atomic mass is 35.5. The Morgan fingerprint density at radius 3 is 2.61 bits per heavy atom. The van der Waals surface area contributed by atoms with E-state index in [2.05, 4.69) is 5.32 Å². The van der Waals surface area contributed by atoms with Crippen LogP contribution in [0.1, 0.15) is 15.9 Å². The molecule has 1 aliphatic rings. The molecule has 2 aromatic carbocycles. The van der Waals surface area contributed by atoms with Gasteiger partial charge in [-0.3, -0.25) is 4.79 Å². The van der Waals surface area contributed by atoms with Crippen LogP contribution < -0.4 is 10.1 Å². The minimum Gasteiger partial charge on any atom is -0.489 e. The van der Waals surface area contributed by atoms with Crippen LogP contribution in [0.2, 0.25) is 5.02 Å². The SMILES string of the molecule is O=C(c1cccc(OCc2ccc(Cl)cc2)c1)N1CCNCC1. The zero-order valence-corrected chi connectivity index (χ0v) is 13.6. The minimum atomic E-state index is 0.0587. The van der Waals surface area contributed by atoms with Crippen molar-refractivity contribution in [3.8, 4) is 5.75 Å². The molecule has 0 bridgehead atoms. The molecule has 0 saturated carbocycles. The minimum absolute atomic E-state index is 0.0587. The fraction of sp³-hybridized carbons (Fsp3) is 0.278. The molecule has 0 atom stereocenters. The zero-order valence-electron chi connectivity index (χ0n) is 12.8. The average Bonchev–Trinajstić information content (AvgIpc) is 2.61. The molecule has 23 heavy (non-hydrogen) atoms. The number of hydrogen-bond donors (Lipinski definition) is 1. The van der Waals surface area contributed by atoms with Crippen LogP contribution in [0.5, 0.6) is 5.75 Å². The van der Waals surface area contributed by atoms with Crippen LogP contribution in [0.15, 0.2) is 48.5 Å². The van der Waals surface area contributed by atoms with E-state index in [1.54, 1.807) is 6.07 Å². The van der Waals surface area contributed by atoms with Crippen LogP contribution in [-0.2, 0) is 6.61 Å². The van der Waals surface area contributed by atoms with Crippen LogP contribution in [0.3, 0.4) is 0 Å². The molecule has 1 fully saturated rings. The molecule has 0 unspecified atom stereocenters. The van der Waals surface area contributed by atoms with Gasteiger partial charge in [-0.15, -0.1) is 0 Å². The van der Waals surface area contributed by atoms with Crippen molar-refractivity contribution in [3.63, 3.8) is 0 Å². The van der Waals surface area contributed by atoms with E-state index in [4.69, 9.17) is 16.3 Å². The molecule has 4 nitrogen and oxygen atoms in total. The number of hydrogen-bond acceptors (Lipinski definition) is 3. The van der Waals surface area contributed by atoms with Crippen LogP contribution in [0.4, 0.5) is 0 Å². The summed E-state index contributed by atoms with van der Waals surface area (Å²) in [5.74, 6) is 0.754. The molecule has 1 N–H and O–H groups in total. The fourth-order valence-electron chi connectivity index (χ4n) is 2.52. The Balaban J connectivity index is 1.64. The Bertz CT molecular complexity index is 667. The Kier molecular flexibility index (Phi) is 5.16. The zero-order chi connectivity index (χ0) is 16.1. The Morgan fingerprint density at radius 2 is 1.87 bits per heavy atom. The second kappa shape index (κ2) is 7.49. The van der Waals surface area contributed by atoms with Gasteiger partial charge in [0.05, 0.1) is 0 Å². The lowest BCUT2D eigenvalue weighted by molar-refractivity contribution is 0.0735. The number of carbonyl (C=O) groups excluding carboxylic acids is 1. The van der Waals surface area contributed by atoms with E-state index >= 15 is 0 Å². The van der Waals surface area contributed by atoms with Crippen molar-refractivity contribution in [2.45, 2.75) is 6.61 Å². The number of benzene rings is 2. The van der Waals surface area contributed by atoms with Crippen molar-refractivity contribution < 1.29 is 9.53 Å². The standard InChI is InChI=1S/C18H19ClN2O2/c19-16-6-4-14(5-7-16)13-23-17-3-1-2-15(12-17)18(22)21-10-8-20-9-11-21/h1-7,12,20H,8-11,13H2. The summed E-state index contributed by atoms with van der Waals surface area (Å²) in [6, 6.07) is 14.9. The number of nitrogens with one attached hydrogen (secondary N) is 1. The van der Waals surface area contributed by atoms with Crippen LogP contribution in [-0.4, -0.2) is 37.0 Å². The average molecular weight is 331 g/mol. The topological polar surface area (TPSA) is 41.6 Å². The number of rotatable bonds is 4. The van der Waals surface area contributed by atoms with Gasteiger partial charge < -0.3 is 15.0 Å². The van der Waals surface area contributed by atoms with E-state index in [9.17, 15) is 4.79 Å². The molecule has 1 saturated heterocycles. The second-order valence-electron chi connectivity index (χ2n) is 5.49. The quantitative estimate of drug-likeness (QED) is 0.937. The lowest BCUT2D eigenvalue weighted by Crippen LogP contribution is -2.46. The van der Waals surface area contributed by atoms with Gasteiger partial charge in [-0.2, -0.15) is 0 Å². The summed E-state index contributed by atoms with van der Waals surface area (Å²) >= 11 is 5.87. The predicted octanol–water partition coefficient (Wildman–Crippen LogP) is 2.96. The summed E-state index contributed by atoms with van der Waals surface area (Å²) in [5, 5.41) is 3.95. The second-order valence-corrected chi connectivity index (χ2v) is 5.92. The fourth-order valence-corrected chi connectivity index (χ4v) is 2.64. The molecule has 0 spiro atoms. The van der Waals surface area contributed by atoms with Gasteiger partial charge >= 0.3 is 0 Å². The maximum Gasteiger partial charge on any atom is 0.254 e. The number of carbonyl (C=O) groups is 1. The molecule has 0 radical (unpaired) electrons. The van der Waals surface area contributed by atoms with Gasteiger partial charge in [0, 0.05) is 36.8 Å². The van der Waals surface area contributed by atoms with Crippen molar-refractivity contribution in [1.29, 1.82) is 0 Å². The highest BCUT2D eigenvalue weighted by Crippen LogP contribution is 2.18. The third-order valence-electron chi connectivity index (χ3n) is 3.80. The molecule has 1 amide bonds. The van der Waals surface area contributed by atoms with Gasteiger partial charge in [0.15, 0.2) is 0 Å². The Labute approximate surface area is 141 Å². The Morgan fingerprint density at radius 1 is 1.13 bits per heavy atom. The molecule has 3 rings (SSSR count). The van der Waals surface area contributed by atoms with E-state index in [-0.39, 0.29) is 5.91 Å². The monoisotopic (exact) mass is 330 g/mol. The normalized spacial score (nSPS) is 14.6. The third-order valence-corrected chi connectivity index (χ3v) is 4.06. The molecule has 0 aliphatic carbocycles. The smallest absolute Gasteiger partial charge is 0.254 e. The number of nitrogens with zero attached hydrogens (tertiary/aromatic N) is 1. The number of amides is 1. The Hall–Kier alpha value is -2.04. The first kappa shape index (κ1) is 15.8. The molecule has 1 aliphatic heterocycles. The molecular weight excluding hydrogens is 312 g/mol. The summed E-state index contributed by atoms with van der Waals surface area (Å²) in [6.07, 6.45) is 0. The molecule has 5 heteroatoms. The van der Waals surface area contributed by atoms with Gasteiger partial charge in [-0.1, -0.05) is 29.8 Å². The van der Waals surface area contributed by atoms with Gasteiger partial charge in [0.1, 0.15) is 12.4 Å². The van der Waals surface area contributed by atoms with Gasteiger partial charge in [0.2, 0.25) is 0 Å². The van der Waals surface area contributed by atoms with Crippen molar-refractivity contribution in [2.24, 2.45) is 0 Å². The number of ether oxygens (including phenoxy) is 1. The van der Waals surface area contributed by atoms with Gasteiger partial charge in [-0.25, -0.2) is 0 Å². The summed E-state index contributed by atoms with van der Waals surface area (Å²) in [5.41, 5.74) is 1.70. The lowest BCUT2D eigenvalue weighted by atomic mass is 10.1.